The van der Waals surface area contributed by atoms with Gasteiger partial charge < -0.3 is 10.2 Å². The number of rotatable bonds is 6. The van der Waals surface area contributed by atoms with Crippen molar-refractivity contribution in [3.05, 3.63) is 10.6 Å². The number of hydrogen-bond acceptors (Lipinski definition) is 4. The molecule has 1 aromatic rings. The van der Waals surface area contributed by atoms with E-state index < -0.39 is 0 Å². The predicted octanol–water partition coefficient (Wildman–Crippen LogP) is 3.22. The minimum Gasteiger partial charge on any atom is -0.346 e. The Kier molecular flexibility index (Phi) is 5.40. The Bertz CT molecular complexity index is 344. The smallest absolute Gasteiger partial charge is 0.186 e. The van der Waals surface area contributed by atoms with Crippen molar-refractivity contribution in [2.45, 2.75) is 53.1 Å². The van der Waals surface area contributed by atoms with Crippen molar-refractivity contribution in [2.24, 2.45) is 0 Å². The zero-order valence-electron chi connectivity index (χ0n) is 11.9. The van der Waals surface area contributed by atoms with Gasteiger partial charge in [-0.3, -0.25) is 0 Å². The third-order valence-corrected chi connectivity index (χ3v) is 3.92. The highest BCUT2D eigenvalue weighted by atomic mass is 32.1. The van der Waals surface area contributed by atoms with Crippen molar-refractivity contribution in [1.82, 2.24) is 10.3 Å². The van der Waals surface area contributed by atoms with Crippen LogP contribution in [0.2, 0.25) is 0 Å². The van der Waals surface area contributed by atoms with E-state index in [9.17, 15) is 0 Å². The van der Waals surface area contributed by atoms with Crippen molar-refractivity contribution >= 4 is 16.5 Å². The Morgan fingerprint density at radius 3 is 2.35 bits per heavy atom. The van der Waals surface area contributed by atoms with Crippen LogP contribution in [0.5, 0.6) is 0 Å². The van der Waals surface area contributed by atoms with E-state index in [4.69, 9.17) is 4.98 Å². The summed E-state index contributed by atoms with van der Waals surface area (Å²) in [5.74, 6) is 0.495. The first-order valence-electron chi connectivity index (χ1n) is 6.42. The first kappa shape index (κ1) is 14.5. The van der Waals surface area contributed by atoms with Crippen molar-refractivity contribution in [2.75, 3.05) is 18.5 Å². The first-order valence-corrected chi connectivity index (χ1v) is 7.23. The lowest BCUT2D eigenvalue weighted by atomic mass is 10.1. The second-order valence-electron chi connectivity index (χ2n) is 4.87. The summed E-state index contributed by atoms with van der Waals surface area (Å²) < 4.78 is 0. The lowest BCUT2D eigenvalue weighted by Gasteiger charge is -2.24. The molecule has 1 heterocycles. The normalized spacial score (nSPS) is 11.5. The number of nitrogens with one attached hydrogen (secondary N) is 1. The largest absolute Gasteiger partial charge is 0.346 e. The van der Waals surface area contributed by atoms with Gasteiger partial charge in [0.15, 0.2) is 5.13 Å². The van der Waals surface area contributed by atoms with Crippen LogP contribution in [-0.4, -0.2) is 24.6 Å². The Morgan fingerprint density at radius 1 is 1.29 bits per heavy atom. The zero-order chi connectivity index (χ0) is 13.0. The second-order valence-corrected chi connectivity index (χ2v) is 5.93. The summed E-state index contributed by atoms with van der Waals surface area (Å²) in [6.07, 6.45) is 0. The van der Waals surface area contributed by atoms with Gasteiger partial charge in [0.25, 0.3) is 0 Å². The molecule has 4 heteroatoms. The molecule has 0 bridgehead atoms. The number of hydrogen-bond donors (Lipinski definition) is 1. The van der Waals surface area contributed by atoms with Crippen LogP contribution in [0, 0.1) is 0 Å². The molecule has 0 spiro atoms. The molecule has 0 amide bonds. The fraction of sp³-hybridized carbons (Fsp3) is 0.769. The third kappa shape index (κ3) is 3.42. The first-order chi connectivity index (χ1) is 8.01. The Labute approximate surface area is 109 Å². The molecular formula is C13H25N3S. The zero-order valence-corrected chi connectivity index (χ0v) is 12.7. The minimum atomic E-state index is 0.495. The monoisotopic (exact) mass is 255 g/mol. The molecule has 0 saturated carbocycles. The van der Waals surface area contributed by atoms with Crippen LogP contribution in [0.1, 0.15) is 51.1 Å². The molecule has 0 aliphatic heterocycles. The van der Waals surface area contributed by atoms with Gasteiger partial charge in [-0.2, -0.15) is 0 Å². The number of anilines is 1. The van der Waals surface area contributed by atoms with Gasteiger partial charge in [0.2, 0.25) is 0 Å². The average molecular weight is 255 g/mol. The van der Waals surface area contributed by atoms with E-state index >= 15 is 0 Å². The van der Waals surface area contributed by atoms with Crippen molar-refractivity contribution in [1.29, 1.82) is 0 Å². The molecule has 0 radical (unpaired) electrons. The molecule has 0 aliphatic rings. The SMILES string of the molecule is CCN(c1nc(C(C)C)c(CNC)s1)C(C)C. The van der Waals surface area contributed by atoms with Gasteiger partial charge in [-0.15, -0.1) is 11.3 Å². The van der Waals surface area contributed by atoms with Crippen LogP contribution in [0.15, 0.2) is 0 Å². The summed E-state index contributed by atoms with van der Waals surface area (Å²) in [5.41, 5.74) is 1.25. The molecule has 98 valence electrons. The number of thiazole rings is 1. The number of aromatic nitrogens is 1. The van der Waals surface area contributed by atoms with Crippen LogP contribution >= 0.6 is 11.3 Å². The highest BCUT2D eigenvalue weighted by Crippen LogP contribution is 2.31. The average Bonchev–Trinajstić information content (AvgIpc) is 2.63. The van der Waals surface area contributed by atoms with Gasteiger partial charge in [0.1, 0.15) is 0 Å². The molecule has 0 unspecified atom stereocenters. The molecule has 1 aromatic heterocycles. The highest BCUT2D eigenvalue weighted by molar-refractivity contribution is 7.15. The summed E-state index contributed by atoms with van der Waals surface area (Å²) in [6.45, 7) is 13.0. The maximum atomic E-state index is 4.83. The third-order valence-electron chi connectivity index (χ3n) is 2.81. The molecule has 0 aliphatic carbocycles. The predicted molar refractivity (Wildman–Crippen MR) is 77.1 cm³/mol. The van der Waals surface area contributed by atoms with E-state index in [1.54, 1.807) is 0 Å². The van der Waals surface area contributed by atoms with Gasteiger partial charge in [-0.25, -0.2) is 4.98 Å². The molecule has 0 fully saturated rings. The lowest BCUT2D eigenvalue weighted by Crippen LogP contribution is -2.30. The molecule has 1 N–H and O–H groups in total. The number of nitrogens with zero attached hydrogens (tertiary/aromatic N) is 2. The second kappa shape index (κ2) is 6.36. The van der Waals surface area contributed by atoms with Crippen molar-refractivity contribution < 1.29 is 0 Å². The fourth-order valence-electron chi connectivity index (χ4n) is 1.93. The van der Waals surface area contributed by atoms with Crippen LogP contribution in [0.3, 0.4) is 0 Å². The van der Waals surface area contributed by atoms with Crippen LogP contribution in [-0.2, 0) is 6.54 Å². The molecule has 1 rings (SSSR count). The van der Waals surface area contributed by atoms with E-state index in [-0.39, 0.29) is 0 Å². The molecular weight excluding hydrogens is 230 g/mol. The van der Waals surface area contributed by atoms with E-state index in [2.05, 4.69) is 44.8 Å². The molecule has 3 nitrogen and oxygen atoms in total. The summed E-state index contributed by atoms with van der Waals surface area (Å²) in [4.78, 5) is 8.55. The minimum absolute atomic E-state index is 0.495. The van der Waals surface area contributed by atoms with Gasteiger partial charge in [0.05, 0.1) is 5.69 Å². The Hall–Kier alpha value is -0.610. The van der Waals surface area contributed by atoms with E-state index in [1.165, 1.54) is 10.6 Å². The van der Waals surface area contributed by atoms with Gasteiger partial charge >= 0.3 is 0 Å². The van der Waals surface area contributed by atoms with E-state index in [0.717, 1.165) is 18.2 Å². The van der Waals surface area contributed by atoms with Crippen LogP contribution in [0.25, 0.3) is 0 Å². The molecule has 0 atom stereocenters. The van der Waals surface area contributed by atoms with Crippen molar-refractivity contribution in [3.63, 3.8) is 0 Å². The van der Waals surface area contributed by atoms with Crippen LogP contribution in [0.4, 0.5) is 5.13 Å². The lowest BCUT2D eigenvalue weighted by molar-refractivity contribution is 0.695. The van der Waals surface area contributed by atoms with Gasteiger partial charge in [0, 0.05) is 24.0 Å². The van der Waals surface area contributed by atoms with E-state index in [0.29, 0.717) is 12.0 Å². The maximum Gasteiger partial charge on any atom is 0.186 e. The van der Waals surface area contributed by atoms with Crippen LogP contribution < -0.4 is 10.2 Å². The summed E-state index contributed by atoms with van der Waals surface area (Å²) >= 11 is 1.83. The molecule has 17 heavy (non-hydrogen) atoms. The molecule has 0 aromatic carbocycles. The van der Waals surface area contributed by atoms with Gasteiger partial charge in [-0.05, 0) is 33.7 Å². The summed E-state index contributed by atoms with van der Waals surface area (Å²) in [5, 5.41) is 4.39. The standard InChI is InChI=1S/C13H25N3S/c1-7-16(10(4)5)13-15-12(9(2)3)11(17-13)8-14-6/h9-10,14H,7-8H2,1-6H3. The quantitative estimate of drug-likeness (QED) is 0.846. The topological polar surface area (TPSA) is 28.2 Å². The summed E-state index contributed by atoms with van der Waals surface area (Å²) in [7, 11) is 1.99. The Morgan fingerprint density at radius 2 is 1.94 bits per heavy atom. The van der Waals surface area contributed by atoms with Gasteiger partial charge in [-0.1, -0.05) is 13.8 Å². The highest BCUT2D eigenvalue weighted by Gasteiger charge is 2.18. The Balaban J connectivity index is 3.05. The molecule has 0 saturated heterocycles. The fourth-order valence-corrected chi connectivity index (χ4v) is 3.36. The maximum absolute atomic E-state index is 4.83. The van der Waals surface area contributed by atoms with E-state index in [1.807, 2.05) is 18.4 Å². The summed E-state index contributed by atoms with van der Waals surface area (Å²) in [6, 6.07) is 0.508. The van der Waals surface area contributed by atoms with Crippen molar-refractivity contribution in [3.8, 4) is 0 Å².